The summed E-state index contributed by atoms with van der Waals surface area (Å²) in [5.41, 5.74) is 0.0294. The van der Waals surface area contributed by atoms with Gasteiger partial charge in [-0.3, -0.25) is 39.8 Å². The molecule has 35 heavy (non-hydrogen) atoms. The van der Waals surface area contributed by atoms with Gasteiger partial charge in [0, 0.05) is 35.8 Å². The molecular weight excluding hydrogens is 483 g/mol. The highest BCUT2D eigenvalue weighted by molar-refractivity contribution is 7.40. The number of hydrogen-bond acceptors (Lipinski definition) is 8. The van der Waals surface area contributed by atoms with Gasteiger partial charge >= 0.3 is 12.1 Å². The Morgan fingerprint density at radius 1 is 0.743 bits per heavy atom. The largest absolute Gasteiger partial charge is 0.338 e. The van der Waals surface area contributed by atoms with E-state index in [4.69, 9.17) is 0 Å². The molecule has 8 N–H and O–H groups in total. The first kappa shape index (κ1) is 26.9. The van der Waals surface area contributed by atoms with E-state index in [1.807, 2.05) is 0 Å². The van der Waals surface area contributed by atoms with Crippen molar-refractivity contribution < 1.29 is 19.2 Å². The Labute approximate surface area is 199 Å². The number of aryl methyl sites for hydroxylation is 2. The molecule has 0 atom stereocenters. The molecule has 17 heteroatoms. The molecular formula is C18H25N10O6P. The van der Waals surface area contributed by atoms with Crippen molar-refractivity contribution in [3.63, 3.8) is 0 Å². The van der Waals surface area contributed by atoms with E-state index in [0.29, 0.717) is 11.4 Å². The Hall–Kier alpha value is -4.33. The van der Waals surface area contributed by atoms with Crippen molar-refractivity contribution in [1.82, 2.24) is 41.2 Å². The fourth-order valence-electron chi connectivity index (χ4n) is 2.44. The fraction of sp³-hybridized carbons (Fsp3) is 0.333. The SMILES string of the molecule is Cc1cc(=O)[nH]c(NC(=O)NCNC(=O)CPCC(=O)NCNC(=O)Nc2nc(C)cc(=O)[nH]2)n1. The third-order valence-electron chi connectivity index (χ3n) is 3.84. The van der Waals surface area contributed by atoms with Crippen LogP contribution in [0.1, 0.15) is 11.4 Å². The molecule has 0 unspecified atom stereocenters. The number of H-pyrrole nitrogens is 2. The summed E-state index contributed by atoms with van der Waals surface area (Å²) < 4.78 is 0. The number of aromatic amines is 2. The zero-order valence-corrected chi connectivity index (χ0v) is 19.8. The molecule has 0 fully saturated rings. The number of carbonyl (C=O) groups is 4. The van der Waals surface area contributed by atoms with Crippen molar-refractivity contribution in [2.24, 2.45) is 0 Å². The molecule has 0 spiro atoms. The summed E-state index contributed by atoms with van der Waals surface area (Å²) >= 11 is 0. The summed E-state index contributed by atoms with van der Waals surface area (Å²) in [5, 5.41) is 14.3. The second-order valence-electron chi connectivity index (χ2n) is 6.89. The highest BCUT2D eigenvalue weighted by atomic mass is 31.1. The van der Waals surface area contributed by atoms with Gasteiger partial charge in [-0.05, 0) is 13.8 Å². The predicted octanol–water partition coefficient (Wildman–Crippen LogP) is -1.76. The molecule has 16 nitrogen and oxygen atoms in total. The molecule has 6 amide bonds. The minimum absolute atomic E-state index is 0.0261. The number of rotatable bonds is 10. The van der Waals surface area contributed by atoms with E-state index in [1.54, 1.807) is 13.8 Å². The maximum absolute atomic E-state index is 11.8. The topological polar surface area (TPSA) is 232 Å². The van der Waals surface area contributed by atoms with E-state index in [9.17, 15) is 28.8 Å². The molecule has 0 aliphatic rings. The van der Waals surface area contributed by atoms with Crippen LogP contribution in [0.5, 0.6) is 0 Å². The van der Waals surface area contributed by atoms with Crippen molar-refractivity contribution in [2.45, 2.75) is 13.8 Å². The summed E-state index contributed by atoms with van der Waals surface area (Å²) in [4.78, 5) is 82.4. The monoisotopic (exact) mass is 508 g/mol. The summed E-state index contributed by atoms with van der Waals surface area (Å²) in [6.07, 6.45) is 0.119. The maximum atomic E-state index is 11.8. The first-order valence-electron chi connectivity index (χ1n) is 10.1. The number of anilines is 2. The molecule has 2 aromatic heterocycles. The number of amides is 6. The zero-order valence-electron chi connectivity index (χ0n) is 18.8. The summed E-state index contributed by atoms with van der Waals surface area (Å²) in [5.74, 6) is -0.813. The number of hydrogen-bond donors (Lipinski definition) is 8. The van der Waals surface area contributed by atoms with Gasteiger partial charge in [-0.2, -0.15) is 0 Å². The molecule has 0 radical (unpaired) electrons. The minimum atomic E-state index is -0.679. The Balaban J connectivity index is 1.54. The van der Waals surface area contributed by atoms with Crippen LogP contribution in [0, 0.1) is 13.8 Å². The number of nitrogens with zero attached hydrogens (tertiary/aromatic N) is 2. The van der Waals surface area contributed by atoms with Gasteiger partial charge in [-0.15, -0.1) is 8.58 Å². The normalized spacial score (nSPS) is 10.1. The molecule has 0 aromatic carbocycles. The lowest BCUT2D eigenvalue weighted by molar-refractivity contribution is -0.118. The first-order chi connectivity index (χ1) is 16.6. The third kappa shape index (κ3) is 10.9. The summed E-state index contributed by atoms with van der Waals surface area (Å²) in [7, 11) is -0.0261. The lowest BCUT2D eigenvalue weighted by Gasteiger charge is -2.09. The molecule has 0 aliphatic heterocycles. The second-order valence-corrected chi connectivity index (χ2v) is 8.10. The van der Waals surface area contributed by atoms with E-state index in [-0.39, 0.29) is 58.0 Å². The molecule has 0 saturated heterocycles. The van der Waals surface area contributed by atoms with Crippen molar-refractivity contribution in [3.8, 4) is 0 Å². The quantitative estimate of drug-likeness (QED) is 0.135. The number of urea groups is 2. The van der Waals surface area contributed by atoms with Gasteiger partial charge in [-0.1, -0.05) is 0 Å². The van der Waals surface area contributed by atoms with Crippen LogP contribution in [-0.2, 0) is 9.59 Å². The van der Waals surface area contributed by atoms with Crippen LogP contribution in [0.2, 0.25) is 0 Å². The van der Waals surface area contributed by atoms with E-state index < -0.39 is 23.2 Å². The van der Waals surface area contributed by atoms with Gasteiger partial charge in [0.1, 0.15) is 0 Å². The summed E-state index contributed by atoms with van der Waals surface area (Å²) in [6, 6.07) is 1.18. The van der Waals surface area contributed by atoms with Gasteiger partial charge in [-0.25, -0.2) is 19.6 Å². The average Bonchev–Trinajstić information content (AvgIpc) is 2.72. The third-order valence-corrected chi connectivity index (χ3v) is 4.99. The van der Waals surface area contributed by atoms with E-state index in [1.165, 1.54) is 12.1 Å². The van der Waals surface area contributed by atoms with Gasteiger partial charge < -0.3 is 21.3 Å². The predicted molar refractivity (Wildman–Crippen MR) is 128 cm³/mol. The highest BCUT2D eigenvalue weighted by Crippen LogP contribution is 2.07. The smallest absolute Gasteiger partial charge is 0.322 e. The number of aromatic nitrogens is 4. The van der Waals surface area contributed by atoms with Crippen LogP contribution in [0.3, 0.4) is 0 Å². The van der Waals surface area contributed by atoms with Gasteiger partial charge in [0.2, 0.25) is 23.7 Å². The van der Waals surface area contributed by atoms with Crippen molar-refractivity contribution in [1.29, 1.82) is 0 Å². The fourth-order valence-corrected chi connectivity index (χ4v) is 3.27. The molecule has 0 aliphatic carbocycles. The number of carbonyl (C=O) groups excluding carboxylic acids is 4. The molecule has 0 saturated carbocycles. The van der Waals surface area contributed by atoms with E-state index in [0.717, 1.165) is 0 Å². The van der Waals surface area contributed by atoms with Crippen LogP contribution < -0.4 is 43.0 Å². The van der Waals surface area contributed by atoms with E-state index in [2.05, 4.69) is 51.8 Å². The second kappa shape index (κ2) is 13.4. The van der Waals surface area contributed by atoms with Gasteiger partial charge in [0.15, 0.2) is 0 Å². The van der Waals surface area contributed by atoms with E-state index >= 15 is 0 Å². The minimum Gasteiger partial charge on any atom is -0.338 e. The van der Waals surface area contributed by atoms with Crippen molar-refractivity contribution in [2.75, 3.05) is 36.3 Å². The Morgan fingerprint density at radius 3 is 1.51 bits per heavy atom. The zero-order chi connectivity index (χ0) is 25.8. The van der Waals surface area contributed by atoms with Crippen LogP contribution >= 0.6 is 8.58 Å². The standard InChI is InChI=1S/C18H25N10O6P/c1-9-3-11(29)25-15(23-9)27-17(33)21-7-19-13(31)5-35-6-14(32)20-8-22-18(34)28-16-24-10(2)4-12(30)26-16/h3-4,35H,5-8H2,1-2H3,(H,19,31)(H,20,32)(H3,21,23,25,27,29,33)(H3,22,24,26,28,30,34). The lowest BCUT2D eigenvalue weighted by atomic mass is 10.4. The average molecular weight is 508 g/mol. The van der Waals surface area contributed by atoms with Crippen LogP contribution in [0.25, 0.3) is 0 Å². The van der Waals surface area contributed by atoms with Crippen LogP contribution in [-0.4, -0.2) is 69.5 Å². The Kier molecular flexibility index (Phi) is 10.3. The Morgan fingerprint density at radius 2 is 1.14 bits per heavy atom. The van der Waals surface area contributed by atoms with Crippen molar-refractivity contribution >= 4 is 44.4 Å². The van der Waals surface area contributed by atoms with Crippen LogP contribution in [0.4, 0.5) is 21.5 Å². The molecule has 188 valence electrons. The molecule has 2 heterocycles. The lowest BCUT2D eigenvalue weighted by Crippen LogP contribution is -2.41. The maximum Gasteiger partial charge on any atom is 0.322 e. The highest BCUT2D eigenvalue weighted by Gasteiger charge is 2.08. The Bertz CT molecular complexity index is 1110. The van der Waals surface area contributed by atoms with Gasteiger partial charge in [0.05, 0.1) is 13.3 Å². The number of nitrogens with one attached hydrogen (secondary N) is 8. The van der Waals surface area contributed by atoms with Crippen molar-refractivity contribution in [3.05, 3.63) is 44.2 Å². The summed E-state index contributed by atoms with van der Waals surface area (Å²) in [6.45, 7) is 2.86. The molecule has 2 aromatic rings. The van der Waals surface area contributed by atoms with Gasteiger partial charge in [0.25, 0.3) is 11.1 Å². The molecule has 0 bridgehead atoms. The molecule has 2 rings (SSSR count). The first-order valence-corrected chi connectivity index (χ1v) is 11.5. The van der Waals surface area contributed by atoms with Crippen LogP contribution in [0.15, 0.2) is 21.7 Å².